The normalized spacial score (nSPS) is 14.0. The molecule has 0 saturated heterocycles. The standard InChI is InChI=1S/C16H12BrIN2O/c17-11-8-13-15-14(9-11)21-7-1-6-20(15)16(19-13)10-2-4-12(18)5-3-10/h2-5,8-9H,1,6-7H2. The second kappa shape index (κ2) is 5.28. The van der Waals surface area contributed by atoms with Crippen LogP contribution in [-0.4, -0.2) is 16.2 Å². The number of rotatable bonds is 1. The van der Waals surface area contributed by atoms with Crippen LogP contribution in [0.1, 0.15) is 6.42 Å². The van der Waals surface area contributed by atoms with Gasteiger partial charge in [0.15, 0.2) is 0 Å². The van der Waals surface area contributed by atoms with Crippen LogP contribution in [0.2, 0.25) is 0 Å². The van der Waals surface area contributed by atoms with Gasteiger partial charge in [0.2, 0.25) is 0 Å². The Kier molecular flexibility index (Phi) is 3.41. The molecule has 2 heterocycles. The first kappa shape index (κ1) is 13.6. The lowest BCUT2D eigenvalue weighted by Crippen LogP contribution is -2.01. The number of hydrogen-bond donors (Lipinski definition) is 0. The highest BCUT2D eigenvalue weighted by atomic mass is 127. The van der Waals surface area contributed by atoms with Crippen molar-refractivity contribution in [2.75, 3.05) is 6.61 Å². The van der Waals surface area contributed by atoms with E-state index in [1.807, 2.05) is 6.07 Å². The molecule has 0 bridgehead atoms. The summed E-state index contributed by atoms with van der Waals surface area (Å²) in [5.41, 5.74) is 3.23. The van der Waals surface area contributed by atoms with Crippen LogP contribution in [0.5, 0.6) is 5.75 Å². The molecule has 0 unspecified atom stereocenters. The fourth-order valence-corrected chi connectivity index (χ4v) is 3.53. The van der Waals surface area contributed by atoms with Crippen LogP contribution < -0.4 is 4.74 Å². The lowest BCUT2D eigenvalue weighted by atomic mass is 10.2. The lowest BCUT2D eigenvalue weighted by Gasteiger charge is -2.07. The van der Waals surface area contributed by atoms with E-state index in [1.165, 1.54) is 3.57 Å². The molecule has 2 aromatic carbocycles. The smallest absolute Gasteiger partial charge is 0.146 e. The molecule has 5 heteroatoms. The van der Waals surface area contributed by atoms with E-state index in [-0.39, 0.29) is 0 Å². The average Bonchev–Trinajstić information content (AvgIpc) is 2.68. The summed E-state index contributed by atoms with van der Waals surface area (Å²) in [6.45, 7) is 1.69. The van der Waals surface area contributed by atoms with Crippen LogP contribution in [0.3, 0.4) is 0 Å². The van der Waals surface area contributed by atoms with Crippen molar-refractivity contribution < 1.29 is 4.74 Å². The number of aryl methyl sites for hydroxylation is 1. The van der Waals surface area contributed by atoms with Crippen LogP contribution in [-0.2, 0) is 6.54 Å². The number of halogens is 2. The Labute approximate surface area is 144 Å². The predicted octanol–water partition coefficient (Wildman–Crippen LogP) is 4.85. The van der Waals surface area contributed by atoms with E-state index in [2.05, 4.69) is 73.4 Å². The Bertz CT molecular complexity index is 826. The Morgan fingerprint density at radius 1 is 1.19 bits per heavy atom. The summed E-state index contributed by atoms with van der Waals surface area (Å²) in [4.78, 5) is 4.84. The minimum atomic E-state index is 0.749. The number of imidazole rings is 1. The van der Waals surface area contributed by atoms with E-state index in [4.69, 9.17) is 9.72 Å². The first-order valence-electron chi connectivity index (χ1n) is 6.81. The van der Waals surface area contributed by atoms with Gasteiger partial charge in [-0.15, -0.1) is 0 Å². The minimum absolute atomic E-state index is 0.749. The van der Waals surface area contributed by atoms with Crippen molar-refractivity contribution in [2.24, 2.45) is 0 Å². The summed E-state index contributed by atoms with van der Waals surface area (Å²) in [6, 6.07) is 12.6. The third kappa shape index (κ3) is 2.36. The summed E-state index contributed by atoms with van der Waals surface area (Å²) in [7, 11) is 0. The van der Waals surface area contributed by atoms with Crippen molar-refractivity contribution >= 4 is 49.6 Å². The molecule has 0 spiro atoms. The minimum Gasteiger partial charge on any atom is -0.491 e. The average molecular weight is 455 g/mol. The largest absolute Gasteiger partial charge is 0.491 e. The van der Waals surface area contributed by atoms with Crippen LogP contribution >= 0.6 is 38.5 Å². The summed E-state index contributed by atoms with van der Waals surface area (Å²) in [5.74, 6) is 1.94. The van der Waals surface area contributed by atoms with Crippen molar-refractivity contribution in [2.45, 2.75) is 13.0 Å². The molecule has 3 nitrogen and oxygen atoms in total. The van der Waals surface area contributed by atoms with Crippen molar-refractivity contribution in [1.82, 2.24) is 9.55 Å². The molecule has 0 amide bonds. The number of hydrogen-bond acceptors (Lipinski definition) is 2. The van der Waals surface area contributed by atoms with Crippen molar-refractivity contribution in [3.05, 3.63) is 44.4 Å². The summed E-state index contributed by atoms with van der Waals surface area (Å²) in [6.07, 6.45) is 0.995. The number of aromatic nitrogens is 2. The Hall–Kier alpha value is -1.08. The third-order valence-corrected chi connectivity index (χ3v) is 4.83. The van der Waals surface area contributed by atoms with Gasteiger partial charge in [-0.25, -0.2) is 4.98 Å². The zero-order valence-electron chi connectivity index (χ0n) is 11.1. The second-order valence-corrected chi connectivity index (χ2v) is 7.23. The maximum atomic E-state index is 5.88. The van der Waals surface area contributed by atoms with Gasteiger partial charge in [-0.2, -0.15) is 0 Å². The maximum absolute atomic E-state index is 5.88. The molecule has 3 aromatic rings. The molecule has 1 aromatic heterocycles. The summed E-state index contributed by atoms with van der Waals surface area (Å²) in [5, 5.41) is 0. The molecule has 21 heavy (non-hydrogen) atoms. The number of benzene rings is 2. The fourth-order valence-electron chi connectivity index (χ4n) is 2.75. The van der Waals surface area contributed by atoms with Gasteiger partial charge in [-0.3, -0.25) is 0 Å². The molecule has 1 aliphatic rings. The van der Waals surface area contributed by atoms with Gasteiger partial charge in [-0.05, 0) is 53.3 Å². The maximum Gasteiger partial charge on any atom is 0.146 e. The van der Waals surface area contributed by atoms with Gasteiger partial charge in [0.1, 0.15) is 17.1 Å². The van der Waals surface area contributed by atoms with E-state index in [0.29, 0.717) is 0 Å². The van der Waals surface area contributed by atoms with E-state index in [9.17, 15) is 0 Å². The van der Waals surface area contributed by atoms with Gasteiger partial charge in [-0.1, -0.05) is 28.1 Å². The van der Waals surface area contributed by atoms with Gasteiger partial charge in [0, 0.05) is 20.2 Å². The quantitative estimate of drug-likeness (QED) is 0.491. The molecular formula is C16H12BrIN2O. The van der Waals surface area contributed by atoms with E-state index in [1.54, 1.807) is 0 Å². The van der Waals surface area contributed by atoms with E-state index >= 15 is 0 Å². The zero-order valence-corrected chi connectivity index (χ0v) is 14.9. The highest BCUT2D eigenvalue weighted by molar-refractivity contribution is 14.1. The molecule has 4 rings (SSSR count). The first-order chi connectivity index (χ1) is 10.2. The molecule has 0 radical (unpaired) electrons. The van der Waals surface area contributed by atoms with Crippen molar-refractivity contribution in [3.8, 4) is 17.1 Å². The predicted molar refractivity (Wildman–Crippen MR) is 95.7 cm³/mol. The molecule has 0 atom stereocenters. The van der Waals surface area contributed by atoms with Gasteiger partial charge >= 0.3 is 0 Å². The lowest BCUT2D eigenvalue weighted by molar-refractivity contribution is 0.315. The Morgan fingerprint density at radius 3 is 2.81 bits per heavy atom. The highest BCUT2D eigenvalue weighted by Gasteiger charge is 2.19. The van der Waals surface area contributed by atoms with Gasteiger partial charge in [0.25, 0.3) is 0 Å². The Balaban J connectivity index is 2.01. The van der Waals surface area contributed by atoms with E-state index in [0.717, 1.165) is 52.2 Å². The number of nitrogens with zero attached hydrogens (tertiary/aromatic N) is 2. The molecular weight excluding hydrogens is 443 g/mol. The molecule has 0 N–H and O–H groups in total. The fraction of sp³-hybridized carbons (Fsp3) is 0.188. The SMILES string of the molecule is Brc1cc2c3c(c1)nc(-c1ccc(I)cc1)n3CCCO2. The van der Waals surface area contributed by atoms with Crippen molar-refractivity contribution in [1.29, 1.82) is 0 Å². The molecule has 0 saturated carbocycles. The van der Waals surface area contributed by atoms with Crippen LogP contribution in [0.4, 0.5) is 0 Å². The number of ether oxygens (including phenoxy) is 1. The Morgan fingerprint density at radius 2 is 2.00 bits per heavy atom. The highest BCUT2D eigenvalue weighted by Crippen LogP contribution is 2.35. The topological polar surface area (TPSA) is 27.1 Å². The second-order valence-electron chi connectivity index (χ2n) is 5.07. The third-order valence-electron chi connectivity index (χ3n) is 3.66. The van der Waals surface area contributed by atoms with Crippen LogP contribution in [0.15, 0.2) is 40.9 Å². The van der Waals surface area contributed by atoms with Crippen LogP contribution in [0.25, 0.3) is 22.4 Å². The van der Waals surface area contributed by atoms with Crippen molar-refractivity contribution in [3.63, 3.8) is 0 Å². The molecule has 1 aliphatic heterocycles. The van der Waals surface area contributed by atoms with Gasteiger partial charge in [0.05, 0.1) is 12.1 Å². The molecule has 106 valence electrons. The molecule has 0 fully saturated rings. The molecule has 0 aliphatic carbocycles. The monoisotopic (exact) mass is 454 g/mol. The zero-order chi connectivity index (χ0) is 14.4. The van der Waals surface area contributed by atoms with Crippen LogP contribution in [0, 0.1) is 3.57 Å². The summed E-state index contributed by atoms with van der Waals surface area (Å²) < 4.78 is 10.4. The van der Waals surface area contributed by atoms with E-state index < -0.39 is 0 Å². The summed E-state index contributed by atoms with van der Waals surface area (Å²) >= 11 is 5.86. The van der Waals surface area contributed by atoms with Gasteiger partial charge < -0.3 is 9.30 Å². The first-order valence-corrected chi connectivity index (χ1v) is 8.68.